The summed E-state index contributed by atoms with van der Waals surface area (Å²) in [6, 6.07) is 40.1. The monoisotopic (exact) mass is 505 g/mol. The molecule has 6 rings (SSSR count). The molecule has 0 radical (unpaired) electrons. The van der Waals surface area contributed by atoms with Crippen LogP contribution in [0, 0.1) is 20.8 Å². The Balaban J connectivity index is 1.31. The van der Waals surface area contributed by atoms with Crippen molar-refractivity contribution < 1.29 is 0 Å². The lowest BCUT2D eigenvalue weighted by atomic mass is 9.94. The number of aryl methyl sites for hydroxylation is 5. The van der Waals surface area contributed by atoms with Gasteiger partial charge in [0.2, 0.25) is 0 Å². The third-order valence-corrected chi connectivity index (χ3v) is 8.06. The maximum Gasteiger partial charge on any atom is 0.0534 e. The van der Waals surface area contributed by atoms with E-state index in [2.05, 4.69) is 147 Å². The van der Waals surface area contributed by atoms with E-state index in [4.69, 9.17) is 0 Å². The van der Waals surface area contributed by atoms with Gasteiger partial charge < -0.3 is 4.90 Å². The Morgan fingerprint density at radius 2 is 1.05 bits per heavy atom. The molecule has 0 unspecified atom stereocenters. The zero-order chi connectivity index (χ0) is 26.8. The van der Waals surface area contributed by atoms with E-state index in [-0.39, 0.29) is 0 Å². The largest absolute Gasteiger partial charge is 0.309 e. The zero-order valence-electron chi connectivity index (χ0n) is 23.1. The highest BCUT2D eigenvalue weighted by Crippen LogP contribution is 2.43. The van der Waals surface area contributed by atoms with Crippen LogP contribution in [-0.2, 0) is 19.3 Å². The SMILES string of the molecule is Cc1ccccc1CCc1cc(Cc2ccc3c(c2)C=Cc2ccccc2N3c2ccccc2C)ccc1C. The average Bonchev–Trinajstić information content (AvgIpc) is 3.11. The molecule has 5 aromatic carbocycles. The maximum atomic E-state index is 2.42. The van der Waals surface area contributed by atoms with Crippen LogP contribution in [0.1, 0.15) is 50.1 Å². The van der Waals surface area contributed by atoms with Crippen molar-refractivity contribution in [3.63, 3.8) is 0 Å². The maximum absolute atomic E-state index is 2.42. The highest BCUT2D eigenvalue weighted by atomic mass is 15.1. The first-order chi connectivity index (χ1) is 19.1. The molecular formula is C38H35N. The molecule has 0 bridgehead atoms. The first kappa shape index (κ1) is 24.9. The number of nitrogens with zero attached hydrogens (tertiary/aromatic N) is 1. The first-order valence-electron chi connectivity index (χ1n) is 14.0. The van der Waals surface area contributed by atoms with Gasteiger partial charge in [-0.2, -0.15) is 0 Å². The fourth-order valence-electron chi connectivity index (χ4n) is 5.77. The molecule has 0 fully saturated rings. The first-order valence-corrected chi connectivity index (χ1v) is 14.0. The van der Waals surface area contributed by atoms with E-state index in [1.165, 1.54) is 67.1 Å². The quantitative estimate of drug-likeness (QED) is 0.218. The minimum absolute atomic E-state index is 0.927. The van der Waals surface area contributed by atoms with E-state index in [0.717, 1.165) is 19.3 Å². The van der Waals surface area contributed by atoms with Crippen LogP contribution in [0.2, 0.25) is 0 Å². The van der Waals surface area contributed by atoms with Crippen LogP contribution in [0.25, 0.3) is 12.2 Å². The van der Waals surface area contributed by atoms with Crippen molar-refractivity contribution in [3.8, 4) is 0 Å². The highest BCUT2D eigenvalue weighted by Gasteiger charge is 2.21. The molecule has 0 aliphatic carbocycles. The topological polar surface area (TPSA) is 3.24 Å². The summed E-state index contributed by atoms with van der Waals surface area (Å²) >= 11 is 0. The van der Waals surface area contributed by atoms with Gasteiger partial charge in [-0.15, -0.1) is 0 Å². The second-order valence-electron chi connectivity index (χ2n) is 10.8. The van der Waals surface area contributed by atoms with E-state index in [0.29, 0.717) is 0 Å². The van der Waals surface area contributed by atoms with Crippen LogP contribution in [0.4, 0.5) is 17.1 Å². The lowest BCUT2D eigenvalue weighted by Crippen LogP contribution is -2.13. The summed E-state index contributed by atoms with van der Waals surface area (Å²) in [6.07, 6.45) is 7.61. The predicted molar refractivity (Wildman–Crippen MR) is 167 cm³/mol. The molecule has 192 valence electrons. The van der Waals surface area contributed by atoms with Gasteiger partial charge >= 0.3 is 0 Å². The van der Waals surface area contributed by atoms with Crippen LogP contribution < -0.4 is 4.90 Å². The van der Waals surface area contributed by atoms with Crippen LogP contribution in [0.15, 0.2) is 109 Å². The van der Waals surface area contributed by atoms with Crippen LogP contribution in [-0.4, -0.2) is 0 Å². The lowest BCUT2D eigenvalue weighted by molar-refractivity contribution is 0.934. The van der Waals surface area contributed by atoms with Crippen molar-refractivity contribution in [2.45, 2.75) is 40.0 Å². The molecule has 0 atom stereocenters. The van der Waals surface area contributed by atoms with Crippen molar-refractivity contribution in [2.24, 2.45) is 0 Å². The van der Waals surface area contributed by atoms with Crippen molar-refractivity contribution in [3.05, 3.63) is 159 Å². The highest BCUT2D eigenvalue weighted by molar-refractivity contribution is 5.93. The Kier molecular flexibility index (Phi) is 6.90. The molecule has 0 spiro atoms. The third-order valence-electron chi connectivity index (χ3n) is 8.06. The average molecular weight is 506 g/mol. The van der Waals surface area contributed by atoms with Crippen LogP contribution in [0.5, 0.6) is 0 Å². The molecule has 1 nitrogen and oxygen atoms in total. The van der Waals surface area contributed by atoms with E-state index in [1.807, 2.05) is 0 Å². The molecule has 39 heavy (non-hydrogen) atoms. The van der Waals surface area contributed by atoms with E-state index < -0.39 is 0 Å². The number of anilines is 3. The molecule has 0 aromatic heterocycles. The van der Waals surface area contributed by atoms with Crippen LogP contribution >= 0.6 is 0 Å². The Bertz CT molecular complexity index is 1670. The summed E-state index contributed by atoms with van der Waals surface area (Å²) in [5.74, 6) is 0. The molecular weight excluding hydrogens is 470 g/mol. The summed E-state index contributed by atoms with van der Waals surface area (Å²) in [7, 11) is 0. The molecule has 0 amide bonds. The molecule has 1 aliphatic rings. The minimum atomic E-state index is 0.927. The summed E-state index contributed by atoms with van der Waals surface area (Å²) in [4.78, 5) is 2.42. The van der Waals surface area contributed by atoms with Gasteiger partial charge in [0.25, 0.3) is 0 Å². The Labute approximate surface area is 233 Å². The predicted octanol–water partition coefficient (Wildman–Crippen LogP) is 9.94. The van der Waals surface area contributed by atoms with Gasteiger partial charge in [-0.25, -0.2) is 0 Å². The van der Waals surface area contributed by atoms with Gasteiger partial charge in [0.05, 0.1) is 11.4 Å². The number of hydrogen-bond donors (Lipinski definition) is 0. The molecule has 1 aliphatic heterocycles. The Morgan fingerprint density at radius 1 is 0.462 bits per heavy atom. The van der Waals surface area contributed by atoms with Gasteiger partial charge in [0.15, 0.2) is 0 Å². The molecule has 0 saturated heterocycles. The third kappa shape index (κ3) is 5.18. The number of hydrogen-bond acceptors (Lipinski definition) is 1. The molecule has 1 heterocycles. The molecule has 5 aromatic rings. The van der Waals surface area contributed by atoms with E-state index in [9.17, 15) is 0 Å². The van der Waals surface area contributed by atoms with Gasteiger partial charge in [0, 0.05) is 5.69 Å². The fraction of sp³-hybridized carbons (Fsp3) is 0.158. The van der Waals surface area contributed by atoms with Gasteiger partial charge in [-0.05, 0) is 114 Å². The number of para-hydroxylation sites is 2. The number of fused-ring (bicyclic) bond motifs is 2. The van der Waals surface area contributed by atoms with E-state index >= 15 is 0 Å². The normalized spacial score (nSPS) is 12.1. The van der Waals surface area contributed by atoms with Crippen molar-refractivity contribution in [2.75, 3.05) is 4.90 Å². The summed E-state index contributed by atoms with van der Waals surface area (Å²) in [6.45, 7) is 6.64. The van der Waals surface area contributed by atoms with Crippen LogP contribution in [0.3, 0.4) is 0 Å². The molecule has 0 N–H and O–H groups in total. The second kappa shape index (κ2) is 10.8. The second-order valence-corrected chi connectivity index (χ2v) is 10.8. The lowest BCUT2D eigenvalue weighted by Gasteiger charge is -2.28. The summed E-state index contributed by atoms with van der Waals surface area (Å²) < 4.78 is 0. The Morgan fingerprint density at radius 3 is 1.87 bits per heavy atom. The minimum Gasteiger partial charge on any atom is -0.309 e. The Hall–Kier alpha value is -4.36. The molecule has 0 saturated carbocycles. The number of benzene rings is 5. The van der Waals surface area contributed by atoms with Crippen molar-refractivity contribution in [1.29, 1.82) is 0 Å². The van der Waals surface area contributed by atoms with E-state index in [1.54, 1.807) is 0 Å². The van der Waals surface area contributed by atoms with Gasteiger partial charge in [-0.3, -0.25) is 0 Å². The summed E-state index contributed by atoms with van der Waals surface area (Å²) in [5, 5.41) is 0. The van der Waals surface area contributed by atoms with Gasteiger partial charge in [-0.1, -0.05) is 97.1 Å². The standard InChI is InChI=1S/C38H35N/c1-27-10-4-6-12-32(27)19-21-34-25-30(17-16-28(34)2)24-31-18-23-38-35(26-31)22-20-33-13-7-9-15-37(33)39(38)36-14-8-5-11-29(36)3/h4-18,20,22-23,25-26H,19,21,24H2,1-3H3. The van der Waals surface area contributed by atoms with Crippen molar-refractivity contribution in [1.82, 2.24) is 0 Å². The summed E-state index contributed by atoms with van der Waals surface area (Å²) in [5.41, 5.74) is 15.8. The van der Waals surface area contributed by atoms with Gasteiger partial charge in [0.1, 0.15) is 0 Å². The molecule has 1 heteroatoms. The zero-order valence-corrected chi connectivity index (χ0v) is 23.1. The fourth-order valence-corrected chi connectivity index (χ4v) is 5.77. The number of rotatable bonds is 6. The van der Waals surface area contributed by atoms with Crippen molar-refractivity contribution >= 4 is 29.2 Å². The smallest absolute Gasteiger partial charge is 0.0534 e.